The van der Waals surface area contributed by atoms with Crippen LogP contribution in [0.1, 0.15) is 47.3 Å². The number of carbonyl (C=O) groups is 4. The summed E-state index contributed by atoms with van der Waals surface area (Å²) in [6, 6.07) is 12.0. The van der Waals surface area contributed by atoms with Crippen LogP contribution in [0.3, 0.4) is 0 Å². The molecule has 2 unspecified atom stereocenters. The summed E-state index contributed by atoms with van der Waals surface area (Å²) in [5.74, 6) is -5.47. The van der Waals surface area contributed by atoms with Gasteiger partial charge in [-0.15, -0.1) is 0 Å². The fourth-order valence-corrected chi connectivity index (χ4v) is 5.16. The number of para-hydroxylation sites is 3. The summed E-state index contributed by atoms with van der Waals surface area (Å²) in [4.78, 5) is 50.6. The maximum atomic E-state index is 13.8. The smallest absolute Gasteiger partial charge is 0.420 e. The van der Waals surface area contributed by atoms with Crippen LogP contribution in [0.25, 0.3) is 21.8 Å². The van der Waals surface area contributed by atoms with E-state index in [1.54, 1.807) is 19.1 Å². The van der Waals surface area contributed by atoms with Gasteiger partial charge < -0.3 is 9.47 Å². The molecule has 228 valence electrons. The average Bonchev–Trinajstić information content (AvgIpc) is 3.27. The highest BCUT2D eigenvalue weighted by molar-refractivity contribution is 6.13. The SMILES string of the molecule is CCC(C(=O)OC1CC(=O)NC1=O)[n+]1c2ccccc2c(C(=O)Oc2c(C(F)(F)F)cccc2C(F)(F)F)c2ccccc21. The van der Waals surface area contributed by atoms with Gasteiger partial charge in [0.15, 0.2) is 11.9 Å². The molecule has 1 aliphatic rings. The maximum Gasteiger partial charge on any atom is 0.420 e. The number of pyridine rings is 1. The standard InChI is InChI=1S/C30H20F6N2O6/c1-2-19(27(41)43-22-14-23(39)37-26(22)40)38-20-12-5-3-8-15(20)24(16-9-4-6-13-21(16)38)28(42)44-25-17(29(31,32)33)10-7-11-18(25)30(34,35)36/h3-13,19,22H,2,14H2,1H3/p+1. The van der Waals surface area contributed by atoms with Gasteiger partial charge in [0.1, 0.15) is 0 Å². The minimum absolute atomic E-state index is 0.0503. The molecule has 2 heterocycles. The predicted molar refractivity (Wildman–Crippen MR) is 140 cm³/mol. The Morgan fingerprint density at radius 1 is 0.864 bits per heavy atom. The predicted octanol–water partition coefficient (Wildman–Crippen LogP) is 5.45. The molecule has 4 aromatic rings. The van der Waals surface area contributed by atoms with E-state index in [-0.39, 0.29) is 40.2 Å². The monoisotopic (exact) mass is 619 g/mol. The number of aromatic nitrogens is 1. The molecule has 1 fully saturated rings. The largest absolute Gasteiger partial charge is 0.447 e. The number of rotatable bonds is 6. The van der Waals surface area contributed by atoms with E-state index in [1.807, 2.05) is 5.32 Å². The van der Waals surface area contributed by atoms with Gasteiger partial charge in [-0.1, -0.05) is 37.3 Å². The fourth-order valence-electron chi connectivity index (χ4n) is 5.16. The summed E-state index contributed by atoms with van der Waals surface area (Å²) in [6.45, 7) is 1.64. The van der Waals surface area contributed by atoms with Gasteiger partial charge in [-0.05, 0) is 24.3 Å². The molecular formula is C30H21F6N2O6+. The van der Waals surface area contributed by atoms with Crippen molar-refractivity contribution in [2.45, 2.75) is 44.3 Å². The molecule has 2 atom stereocenters. The zero-order chi connectivity index (χ0) is 32.0. The minimum atomic E-state index is -5.28. The molecule has 0 aliphatic carbocycles. The van der Waals surface area contributed by atoms with Crippen LogP contribution in [0, 0.1) is 0 Å². The van der Waals surface area contributed by atoms with Gasteiger partial charge in [0, 0.05) is 18.6 Å². The van der Waals surface area contributed by atoms with Gasteiger partial charge in [-0.3, -0.25) is 14.9 Å². The van der Waals surface area contributed by atoms with Gasteiger partial charge in [0.05, 0.1) is 33.9 Å². The lowest BCUT2D eigenvalue weighted by Gasteiger charge is -2.19. The first-order valence-electron chi connectivity index (χ1n) is 13.1. The highest BCUT2D eigenvalue weighted by Crippen LogP contribution is 2.44. The van der Waals surface area contributed by atoms with E-state index < -0.39 is 65.1 Å². The Balaban J connectivity index is 1.68. The van der Waals surface area contributed by atoms with E-state index in [9.17, 15) is 45.5 Å². The van der Waals surface area contributed by atoms with Crippen LogP contribution in [-0.2, 0) is 31.5 Å². The lowest BCUT2D eigenvalue weighted by atomic mass is 10.00. The first kappa shape index (κ1) is 30.4. The summed E-state index contributed by atoms with van der Waals surface area (Å²) < 4.78 is 94.4. The van der Waals surface area contributed by atoms with Crippen molar-refractivity contribution in [1.82, 2.24) is 5.32 Å². The van der Waals surface area contributed by atoms with Crippen LogP contribution in [-0.4, -0.2) is 29.9 Å². The second kappa shape index (κ2) is 11.2. The molecule has 2 amide bonds. The van der Waals surface area contributed by atoms with Crippen molar-refractivity contribution in [3.8, 4) is 5.75 Å². The van der Waals surface area contributed by atoms with E-state index in [0.717, 1.165) is 0 Å². The lowest BCUT2D eigenvalue weighted by molar-refractivity contribution is -0.661. The van der Waals surface area contributed by atoms with Crippen LogP contribution < -0.4 is 14.6 Å². The summed E-state index contributed by atoms with van der Waals surface area (Å²) in [5.41, 5.74) is -3.54. The van der Waals surface area contributed by atoms with Crippen LogP contribution in [0.2, 0.25) is 0 Å². The van der Waals surface area contributed by atoms with Crippen LogP contribution in [0.15, 0.2) is 66.7 Å². The van der Waals surface area contributed by atoms with Crippen molar-refractivity contribution in [1.29, 1.82) is 0 Å². The van der Waals surface area contributed by atoms with Crippen molar-refractivity contribution in [2.24, 2.45) is 0 Å². The van der Waals surface area contributed by atoms with E-state index in [4.69, 9.17) is 9.47 Å². The molecule has 0 radical (unpaired) electrons. The lowest BCUT2D eigenvalue weighted by Crippen LogP contribution is -2.47. The van der Waals surface area contributed by atoms with Gasteiger partial charge >= 0.3 is 24.3 Å². The molecule has 0 bridgehead atoms. The Morgan fingerprint density at radius 2 is 1.39 bits per heavy atom. The van der Waals surface area contributed by atoms with E-state index >= 15 is 0 Å². The third kappa shape index (κ3) is 5.54. The third-order valence-electron chi connectivity index (χ3n) is 7.05. The van der Waals surface area contributed by atoms with Crippen molar-refractivity contribution in [3.05, 3.63) is 83.4 Å². The fraction of sp³-hybridized carbons (Fsp3) is 0.233. The molecule has 1 aromatic heterocycles. The number of hydrogen-bond acceptors (Lipinski definition) is 6. The van der Waals surface area contributed by atoms with E-state index in [1.165, 1.54) is 41.0 Å². The molecule has 8 nitrogen and oxygen atoms in total. The van der Waals surface area contributed by atoms with Crippen LogP contribution >= 0.6 is 0 Å². The Kier molecular flexibility index (Phi) is 7.78. The third-order valence-corrected chi connectivity index (χ3v) is 7.05. The first-order valence-corrected chi connectivity index (χ1v) is 13.1. The molecule has 1 N–H and O–H groups in total. The zero-order valence-corrected chi connectivity index (χ0v) is 22.6. The second-order valence-corrected chi connectivity index (χ2v) is 9.81. The number of fused-ring (bicyclic) bond motifs is 2. The Morgan fingerprint density at radius 3 is 1.84 bits per heavy atom. The van der Waals surface area contributed by atoms with Crippen molar-refractivity contribution in [2.75, 3.05) is 0 Å². The second-order valence-electron chi connectivity index (χ2n) is 9.81. The van der Waals surface area contributed by atoms with Crippen LogP contribution in [0.5, 0.6) is 5.75 Å². The van der Waals surface area contributed by atoms with Gasteiger partial charge in [0.2, 0.25) is 16.9 Å². The number of amides is 2. The number of imide groups is 1. The Bertz CT molecular complexity index is 1750. The summed E-state index contributed by atoms with van der Waals surface area (Å²) >= 11 is 0. The molecular weight excluding hydrogens is 598 g/mol. The molecule has 14 heteroatoms. The van der Waals surface area contributed by atoms with Gasteiger partial charge in [-0.25, -0.2) is 9.59 Å². The van der Waals surface area contributed by atoms with Crippen LogP contribution in [0.4, 0.5) is 26.3 Å². The number of ether oxygens (including phenoxy) is 2. The Hall–Kier alpha value is -5.01. The highest BCUT2D eigenvalue weighted by atomic mass is 19.4. The average molecular weight is 619 g/mol. The topological polar surface area (TPSA) is 103 Å². The van der Waals surface area contributed by atoms with Crippen molar-refractivity contribution in [3.63, 3.8) is 0 Å². The Labute approximate surface area is 244 Å². The van der Waals surface area contributed by atoms with E-state index in [0.29, 0.717) is 18.2 Å². The number of esters is 2. The molecule has 3 aromatic carbocycles. The number of benzene rings is 3. The quantitative estimate of drug-likeness (QED) is 0.0770. The van der Waals surface area contributed by atoms with E-state index in [2.05, 4.69) is 0 Å². The van der Waals surface area contributed by atoms with Crippen molar-refractivity contribution < 1.29 is 59.6 Å². The normalized spacial score (nSPS) is 16.2. The highest BCUT2D eigenvalue weighted by Gasteiger charge is 2.44. The summed E-state index contributed by atoms with van der Waals surface area (Å²) in [5, 5.41) is 2.14. The van der Waals surface area contributed by atoms with Gasteiger partial charge in [-0.2, -0.15) is 30.9 Å². The van der Waals surface area contributed by atoms with Crippen molar-refractivity contribution >= 4 is 45.6 Å². The molecule has 44 heavy (non-hydrogen) atoms. The number of nitrogens with zero attached hydrogens (tertiary/aromatic N) is 1. The molecule has 5 rings (SSSR count). The minimum Gasteiger partial charge on any atom is -0.447 e. The molecule has 0 saturated carbocycles. The molecule has 0 spiro atoms. The number of hydrogen-bond donors (Lipinski definition) is 1. The molecule has 1 aliphatic heterocycles. The first-order chi connectivity index (χ1) is 20.7. The number of alkyl halides is 6. The summed E-state index contributed by atoms with van der Waals surface area (Å²) in [7, 11) is 0. The zero-order valence-electron chi connectivity index (χ0n) is 22.6. The number of halogens is 6. The number of carbonyl (C=O) groups excluding carboxylic acids is 4. The van der Waals surface area contributed by atoms with Gasteiger partial charge in [0.25, 0.3) is 11.9 Å². The number of nitrogens with one attached hydrogen (secondary N) is 1. The maximum absolute atomic E-state index is 13.8. The summed E-state index contributed by atoms with van der Waals surface area (Å²) in [6.07, 6.45) is -12.2. The molecule has 1 saturated heterocycles.